The average Bonchev–Trinajstić information content (AvgIpc) is 3.32. The Morgan fingerprint density at radius 2 is 1.97 bits per heavy atom. The maximum absolute atomic E-state index is 12.4. The smallest absolute Gasteiger partial charge is 0.251 e. The molecule has 0 radical (unpaired) electrons. The van der Waals surface area contributed by atoms with Crippen molar-refractivity contribution in [2.75, 3.05) is 13.2 Å². The van der Waals surface area contributed by atoms with Crippen molar-refractivity contribution in [2.45, 2.75) is 57.9 Å². The van der Waals surface area contributed by atoms with Crippen LogP contribution in [0, 0.1) is 0 Å². The summed E-state index contributed by atoms with van der Waals surface area (Å²) in [6.45, 7) is 7.12. The normalized spacial score (nSPS) is 19.6. The molecule has 29 heavy (non-hydrogen) atoms. The van der Waals surface area contributed by atoms with Gasteiger partial charge in [-0.3, -0.25) is 4.79 Å². The molecular weight excluding hydrogens is 364 g/mol. The highest BCUT2D eigenvalue weighted by atomic mass is 16.5. The van der Waals surface area contributed by atoms with Crippen LogP contribution in [0.25, 0.3) is 0 Å². The van der Waals surface area contributed by atoms with Gasteiger partial charge in [0.05, 0.1) is 6.10 Å². The van der Waals surface area contributed by atoms with Crippen LogP contribution >= 0.6 is 0 Å². The SMILES string of the molecule is CC1(C)Cc2cc(CNCc3cccc(C(=O)NCC4CCCO4)c3)ccc2O1. The molecule has 2 aromatic carbocycles. The van der Waals surface area contributed by atoms with Crippen LogP contribution < -0.4 is 15.4 Å². The minimum atomic E-state index is -0.112. The number of benzene rings is 2. The maximum atomic E-state index is 12.4. The summed E-state index contributed by atoms with van der Waals surface area (Å²) in [4.78, 5) is 12.4. The predicted octanol–water partition coefficient (Wildman–Crippen LogP) is 3.60. The summed E-state index contributed by atoms with van der Waals surface area (Å²) in [5.41, 5.74) is 4.20. The molecule has 0 aliphatic carbocycles. The lowest BCUT2D eigenvalue weighted by molar-refractivity contribution is 0.0857. The van der Waals surface area contributed by atoms with Crippen molar-refractivity contribution in [3.05, 3.63) is 64.7 Å². The molecule has 2 aliphatic rings. The maximum Gasteiger partial charge on any atom is 0.251 e. The number of hydrogen-bond acceptors (Lipinski definition) is 4. The minimum Gasteiger partial charge on any atom is -0.487 e. The van der Waals surface area contributed by atoms with E-state index in [-0.39, 0.29) is 17.6 Å². The summed E-state index contributed by atoms with van der Waals surface area (Å²) in [7, 11) is 0. The lowest BCUT2D eigenvalue weighted by Gasteiger charge is -2.16. The molecule has 1 atom stereocenters. The van der Waals surface area contributed by atoms with Gasteiger partial charge in [-0.25, -0.2) is 0 Å². The topological polar surface area (TPSA) is 59.6 Å². The molecule has 2 aromatic rings. The molecule has 1 saturated heterocycles. The van der Waals surface area contributed by atoms with Crippen molar-refractivity contribution in [3.63, 3.8) is 0 Å². The van der Waals surface area contributed by atoms with E-state index in [1.165, 1.54) is 11.1 Å². The number of rotatable bonds is 7. The van der Waals surface area contributed by atoms with Crippen LogP contribution in [-0.2, 0) is 24.2 Å². The van der Waals surface area contributed by atoms with E-state index in [4.69, 9.17) is 9.47 Å². The minimum absolute atomic E-state index is 0.0383. The number of carbonyl (C=O) groups excluding carboxylic acids is 1. The molecule has 2 heterocycles. The predicted molar refractivity (Wildman–Crippen MR) is 113 cm³/mol. The summed E-state index contributed by atoms with van der Waals surface area (Å²) in [5.74, 6) is 0.962. The van der Waals surface area contributed by atoms with Crippen LogP contribution in [-0.4, -0.2) is 30.8 Å². The van der Waals surface area contributed by atoms with Crippen molar-refractivity contribution < 1.29 is 14.3 Å². The third-order valence-corrected chi connectivity index (χ3v) is 5.49. The molecule has 154 valence electrons. The number of fused-ring (bicyclic) bond motifs is 1. The first kappa shape index (κ1) is 19.9. The Bertz CT molecular complexity index is 872. The second-order valence-corrected chi connectivity index (χ2v) is 8.63. The number of nitrogens with one attached hydrogen (secondary N) is 2. The van der Waals surface area contributed by atoms with Crippen LogP contribution in [0.2, 0.25) is 0 Å². The Labute approximate surface area is 172 Å². The van der Waals surface area contributed by atoms with Crippen LogP contribution in [0.5, 0.6) is 5.75 Å². The third kappa shape index (κ3) is 5.17. The molecule has 1 unspecified atom stereocenters. The quantitative estimate of drug-likeness (QED) is 0.753. The Hall–Kier alpha value is -2.37. The molecule has 1 fully saturated rings. The lowest BCUT2D eigenvalue weighted by Crippen LogP contribution is -2.31. The highest BCUT2D eigenvalue weighted by molar-refractivity contribution is 5.94. The molecule has 2 aliphatic heterocycles. The van der Waals surface area contributed by atoms with Gasteiger partial charge in [0.25, 0.3) is 5.91 Å². The molecule has 1 amide bonds. The summed E-state index contributed by atoms with van der Waals surface area (Å²) < 4.78 is 11.5. The van der Waals surface area contributed by atoms with E-state index in [0.29, 0.717) is 18.7 Å². The Morgan fingerprint density at radius 3 is 2.76 bits per heavy atom. The monoisotopic (exact) mass is 394 g/mol. The van der Waals surface area contributed by atoms with E-state index in [2.05, 4.69) is 42.7 Å². The number of ether oxygens (including phenoxy) is 2. The van der Waals surface area contributed by atoms with Gasteiger partial charge in [-0.2, -0.15) is 0 Å². The zero-order valence-corrected chi connectivity index (χ0v) is 17.3. The van der Waals surface area contributed by atoms with Crippen LogP contribution in [0.3, 0.4) is 0 Å². The highest BCUT2D eigenvalue weighted by Crippen LogP contribution is 2.35. The fourth-order valence-corrected chi connectivity index (χ4v) is 4.06. The van der Waals surface area contributed by atoms with Gasteiger partial charge in [0.15, 0.2) is 0 Å². The first-order valence-electron chi connectivity index (χ1n) is 10.5. The molecule has 0 spiro atoms. The van der Waals surface area contributed by atoms with Gasteiger partial charge in [-0.1, -0.05) is 24.3 Å². The largest absolute Gasteiger partial charge is 0.487 e. The van der Waals surface area contributed by atoms with Crippen molar-refractivity contribution in [1.82, 2.24) is 10.6 Å². The van der Waals surface area contributed by atoms with Gasteiger partial charge in [-0.15, -0.1) is 0 Å². The van der Waals surface area contributed by atoms with E-state index < -0.39 is 0 Å². The lowest BCUT2D eigenvalue weighted by atomic mass is 10.0. The van der Waals surface area contributed by atoms with E-state index >= 15 is 0 Å². The first-order valence-corrected chi connectivity index (χ1v) is 10.5. The van der Waals surface area contributed by atoms with Gasteiger partial charge in [0, 0.05) is 38.2 Å². The van der Waals surface area contributed by atoms with E-state index in [0.717, 1.165) is 43.7 Å². The van der Waals surface area contributed by atoms with Crippen LogP contribution in [0.4, 0.5) is 0 Å². The van der Waals surface area contributed by atoms with Crippen molar-refractivity contribution in [1.29, 1.82) is 0 Å². The number of carbonyl (C=O) groups is 1. The first-order chi connectivity index (χ1) is 14.0. The van der Waals surface area contributed by atoms with E-state index in [1.807, 2.05) is 24.3 Å². The van der Waals surface area contributed by atoms with Crippen molar-refractivity contribution in [3.8, 4) is 5.75 Å². The molecular formula is C24H30N2O3. The molecule has 0 saturated carbocycles. The molecule has 5 heteroatoms. The third-order valence-electron chi connectivity index (χ3n) is 5.49. The summed E-state index contributed by atoms with van der Waals surface area (Å²) in [5, 5.41) is 6.46. The Balaban J connectivity index is 1.28. The van der Waals surface area contributed by atoms with Gasteiger partial charge in [0.2, 0.25) is 0 Å². The molecule has 0 bridgehead atoms. The van der Waals surface area contributed by atoms with Crippen LogP contribution in [0.1, 0.15) is 53.7 Å². The Morgan fingerprint density at radius 1 is 1.14 bits per heavy atom. The van der Waals surface area contributed by atoms with Gasteiger partial charge < -0.3 is 20.1 Å². The van der Waals surface area contributed by atoms with Crippen molar-refractivity contribution in [2.24, 2.45) is 0 Å². The summed E-state index contributed by atoms with van der Waals surface area (Å²) >= 11 is 0. The number of hydrogen-bond donors (Lipinski definition) is 2. The van der Waals surface area contributed by atoms with E-state index in [1.54, 1.807) is 0 Å². The fourth-order valence-electron chi connectivity index (χ4n) is 4.06. The van der Waals surface area contributed by atoms with Gasteiger partial charge >= 0.3 is 0 Å². The molecule has 2 N–H and O–H groups in total. The number of amides is 1. The second-order valence-electron chi connectivity index (χ2n) is 8.63. The average molecular weight is 395 g/mol. The molecule has 5 nitrogen and oxygen atoms in total. The van der Waals surface area contributed by atoms with Gasteiger partial charge in [0.1, 0.15) is 11.4 Å². The molecule has 4 rings (SSSR count). The van der Waals surface area contributed by atoms with Crippen molar-refractivity contribution >= 4 is 5.91 Å². The van der Waals surface area contributed by atoms with Gasteiger partial charge in [-0.05, 0) is 61.6 Å². The standard InChI is InChI=1S/C24H30N2O3/c1-24(2)13-20-12-18(8-9-22(20)29-24)15-25-14-17-5-3-6-19(11-17)23(27)26-16-21-7-4-10-28-21/h3,5-6,8-9,11-12,21,25H,4,7,10,13-16H2,1-2H3,(H,26,27). The summed E-state index contributed by atoms with van der Waals surface area (Å²) in [6.07, 6.45) is 3.21. The molecule has 0 aromatic heterocycles. The zero-order valence-electron chi connectivity index (χ0n) is 17.3. The Kier molecular flexibility index (Phi) is 5.88. The fraction of sp³-hybridized carbons (Fsp3) is 0.458. The zero-order chi connectivity index (χ0) is 20.3. The highest BCUT2D eigenvalue weighted by Gasteiger charge is 2.29. The summed E-state index contributed by atoms with van der Waals surface area (Å²) in [6, 6.07) is 14.2. The van der Waals surface area contributed by atoms with Crippen LogP contribution in [0.15, 0.2) is 42.5 Å². The second kappa shape index (κ2) is 8.56. The van der Waals surface area contributed by atoms with E-state index in [9.17, 15) is 4.79 Å².